The summed E-state index contributed by atoms with van der Waals surface area (Å²) in [6, 6.07) is 7.11. The van der Waals surface area contributed by atoms with Crippen LogP contribution in [0, 0.1) is 5.92 Å². The molecule has 1 atom stereocenters. The number of carbonyl (C=O) groups is 1. The third kappa shape index (κ3) is 2.50. The van der Waals surface area contributed by atoms with Crippen molar-refractivity contribution in [2.45, 2.75) is 18.9 Å². The van der Waals surface area contributed by atoms with Gasteiger partial charge in [0.15, 0.2) is 0 Å². The van der Waals surface area contributed by atoms with Gasteiger partial charge in [0.1, 0.15) is 6.04 Å². The van der Waals surface area contributed by atoms with E-state index in [1.54, 1.807) is 0 Å². The van der Waals surface area contributed by atoms with Gasteiger partial charge >= 0.3 is 5.97 Å². The normalized spacial score (nSPS) is 17.1. The lowest BCUT2D eigenvalue weighted by Gasteiger charge is -2.15. The lowest BCUT2D eigenvalue weighted by molar-refractivity contribution is -0.138. The molecule has 1 saturated carbocycles. The zero-order chi connectivity index (χ0) is 10.8. The molecule has 2 N–H and O–H groups in total. The summed E-state index contributed by atoms with van der Waals surface area (Å²) in [5, 5.41) is 12.1. The summed E-state index contributed by atoms with van der Waals surface area (Å²) in [7, 11) is 0. The summed E-state index contributed by atoms with van der Waals surface area (Å²) in [6.07, 6.45) is 2.02. The number of hydrogen-bond donors (Lipinski definition) is 2. The van der Waals surface area contributed by atoms with Crippen LogP contribution in [0.2, 0.25) is 0 Å². The standard InChI is InChI=1S/C11H12BrNO2/c12-8-3-1-2-4-9(8)13-10(11(14)15)7-5-6-7/h1-4,7,10,13H,5-6H2,(H,14,15). The number of anilines is 1. The van der Waals surface area contributed by atoms with Gasteiger partial charge in [-0.2, -0.15) is 0 Å². The molecular weight excluding hydrogens is 258 g/mol. The van der Waals surface area contributed by atoms with Crippen LogP contribution in [0.3, 0.4) is 0 Å². The van der Waals surface area contributed by atoms with Gasteiger partial charge in [-0.05, 0) is 46.8 Å². The Hall–Kier alpha value is -1.03. The zero-order valence-corrected chi connectivity index (χ0v) is 9.70. The zero-order valence-electron chi connectivity index (χ0n) is 8.11. The van der Waals surface area contributed by atoms with Gasteiger partial charge in [0, 0.05) is 10.2 Å². The highest BCUT2D eigenvalue weighted by Crippen LogP contribution is 2.35. The van der Waals surface area contributed by atoms with E-state index < -0.39 is 12.0 Å². The predicted molar refractivity (Wildman–Crippen MR) is 61.9 cm³/mol. The Morgan fingerprint density at radius 3 is 2.67 bits per heavy atom. The summed E-state index contributed by atoms with van der Waals surface area (Å²) in [6.45, 7) is 0. The van der Waals surface area contributed by atoms with Gasteiger partial charge in [0.2, 0.25) is 0 Å². The number of benzene rings is 1. The van der Waals surface area contributed by atoms with Crippen molar-refractivity contribution < 1.29 is 9.90 Å². The fourth-order valence-electron chi connectivity index (χ4n) is 1.56. The van der Waals surface area contributed by atoms with Crippen molar-refractivity contribution >= 4 is 27.6 Å². The van der Waals surface area contributed by atoms with Crippen LogP contribution in [0.4, 0.5) is 5.69 Å². The van der Waals surface area contributed by atoms with Crippen LogP contribution < -0.4 is 5.32 Å². The second-order valence-corrected chi connectivity index (χ2v) is 4.63. The number of carboxylic acid groups (broad SMARTS) is 1. The first-order valence-electron chi connectivity index (χ1n) is 4.92. The largest absolute Gasteiger partial charge is 0.480 e. The molecule has 1 fully saturated rings. The number of carboxylic acids is 1. The molecule has 0 bridgehead atoms. The summed E-state index contributed by atoms with van der Waals surface area (Å²) >= 11 is 3.39. The van der Waals surface area contributed by atoms with Crippen LogP contribution in [-0.2, 0) is 4.79 Å². The molecule has 2 rings (SSSR count). The fourth-order valence-corrected chi connectivity index (χ4v) is 1.96. The van der Waals surface area contributed by atoms with Gasteiger partial charge in [-0.3, -0.25) is 0 Å². The molecule has 0 amide bonds. The maximum absolute atomic E-state index is 11.0. The van der Waals surface area contributed by atoms with Gasteiger partial charge in [-0.1, -0.05) is 12.1 Å². The van der Waals surface area contributed by atoms with Crippen molar-refractivity contribution in [2.24, 2.45) is 5.92 Å². The lowest BCUT2D eigenvalue weighted by atomic mass is 10.1. The minimum absolute atomic E-state index is 0.287. The van der Waals surface area contributed by atoms with E-state index in [1.165, 1.54) is 0 Å². The van der Waals surface area contributed by atoms with Gasteiger partial charge in [-0.25, -0.2) is 4.79 Å². The predicted octanol–water partition coefficient (Wildman–Crippen LogP) is 2.72. The summed E-state index contributed by atoms with van der Waals surface area (Å²) in [5.41, 5.74) is 0.844. The average molecular weight is 270 g/mol. The van der Waals surface area contributed by atoms with Gasteiger partial charge < -0.3 is 10.4 Å². The monoisotopic (exact) mass is 269 g/mol. The second kappa shape index (κ2) is 4.23. The molecule has 0 aliphatic heterocycles. The van der Waals surface area contributed by atoms with E-state index in [4.69, 9.17) is 5.11 Å². The molecule has 1 aliphatic rings. The van der Waals surface area contributed by atoms with Gasteiger partial charge in [-0.15, -0.1) is 0 Å². The molecule has 1 aromatic carbocycles. The molecule has 0 radical (unpaired) electrons. The number of rotatable bonds is 4. The van der Waals surface area contributed by atoms with E-state index >= 15 is 0 Å². The molecule has 1 unspecified atom stereocenters. The summed E-state index contributed by atoms with van der Waals surface area (Å²) in [4.78, 5) is 11.0. The van der Waals surface area contributed by atoms with Gasteiger partial charge in [0.25, 0.3) is 0 Å². The molecule has 1 aromatic rings. The van der Waals surface area contributed by atoms with E-state index in [1.807, 2.05) is 24.3 Å². The highest BCUT2D eigenvalue weighted by molar-refractivity contribution is 9.10. The Labute approximate surface area is 96.6 Å². The number of nitrogens with one attached hydrogen (secondary N) is 1. The van der Waals surface area contributed by atoms with Crippen molar-refractivity contribution in [1.82, 2.24) is 0 Å². The summed E-state index contributed by atoms with van der Waals surface area (Å²) < 4.78 is 0.900. The third-order valence-electron chi connectivity index (χ3n) is 2.54. The van der Waals surface area contributed by atoms with Crippen LogP contribution in [0.5, 0.6) is 0 Å². The van der Waals surface area contributed by atoms with Crippen LogP contribution in [0.25, 0.3) is 0 Å². The molecule has 80 valence electrons. The number of para-hydroxylation sites is 1. The van der Waals surface area contributed by atoms with E-state index in [0.29, 0.717) is 0 Å². The SMILES string of the molecule is O=C(O)C(Nc1ccccc1Br)C1CC1. The summed E-state index contributed by atoms with van der Waals surface area (Å²) in [5.74, 6) is -0.483. The number of aliphatic carboxylic acids is 1. The first-order valence-corrected chi connectivity index (χ1v) is 5.71. The average Bonchev–Trinajstić information content (AvgIpc) is 2.99. The van der Waals surface area contributed by atoms with E-state index in [9.17, 15) is 4.79 Å². The smallest absolute Gasteiger partial charge is 0.326 e. The molecule has 0 aromatic heterocycles. The molecular formula is C11H12BrNO2. The Bertz CT molecular complexity index is 377. The molecule has 0 heterocycles. The highest BCUT2D eigenvalue weighted by Gasteiger charge is 2.36. The Morgan fingerprint density at radius 1 is 1.47 bits per heavy atom. The van der Waals surface area contributed by atoms with Gasteiger partial charge in [0.05, 0.1) is 0 Å². The van der Waals surface area contributed by atoms with Crippen molar-refractivity contribution in [2.75, 3.05) is 5.32 Å². The molecule has 0 saturated heterocycles. The van der Waals surface area contributed by atoms with Crippen molar-refractivity contribution in [3.63, 3.8) is 0 Å². The number of halogens is 1. The first-order chi connectivity index (χ1) is 7.18. The van der Waals surface area contributed by atoms with Crippen molar-refractivity contribution in [3.8, 4) is 0 Å². The van der Waals surface area contributed by atoms with Crippen molar-refractivity contribution in [3.05, 3.63) is 28.7 Å². The quantitative estimate of drug-likeness (QED) is 0.884. The topological polar surface area (TPSA) is 49.3 Å². The minimum atomic E-state index is -0.770. The Morgan fingerprint density at radius 2 is 2.13 bits per heavy atom. The van der Waals surface area contributed by atoms with Crippen molar-refractivity contribution in [1.29, 1.82) is 0 Å². The fraction of sp³-hybridized carbons (Fsp3) is 0.364. The van der Waals surface area contributed by atoms with E-state index in [2.05, 4.69) is 21.2 Å². The Kier molecular flexibility index (Phi) is 2.95. The second-order valence-electron chi connectivity index (χ2n) is 3.78. The molecule has 4 heteroatoms. The molecule has 3 nitrogen and oxygen atoms in total. The molecule has 0 spiro atoms. The minimum Gasteiger partial charge on any atom is -0.480 e. The third-order valence-corrected chi connectivity index (χ3v) is 3.24. The molecule has 1 aliphatic carbocycles. The van der Waals surface area contributed by atoms with Crippen LogP contribution in [0.15, 0.2) is 28.7 Å². The van der Waals surface area contributed by atoms with E-state index in [-0.39, 0.29) is 5.92 Å². The number of hydrogen-bond acceptors (Lipinski definition) is 2. The maximum Gasteiger partial charge on any atom is 0.326 e. The Balaban J connectivity index is 2.12. The van der Waals surface area contributed by atoms with E-state index in [0.717, 1.165) is 23.0 Å². The van der Waals surface area contributed by atoms with Crippen LogP contribution in [-0.4, -0.2) is 17.1 Å². The van der Waals surface area contributed by atoms with Crippen LogP contribution in [0.1, 0.15) is 12.8 Å². The maximum atomic E-state index is 11.0. The lowest BCUT2D eigenvalue weighted by Crippen LogP contribution is -2.31. The molecule has 15 heavy (non-hydrogen) atoms. The first kappa shape index (κ1) is 10.5. The van der Waals surface area contributed by atoms with Crippen LogP contribution >= 0.6 is 15.9 Å². The highest BCUT2D eigenvalue weighted by atomic mass is 79.9.